The van der Waals surface area contributed by atoms with E-state index in [-0.39, 0.29) is 0 Å². The molecule has 1 aromatic carbocycles. The van der Waals surface area contributed by atoms with Crippen molar-refractivity contribution in [3.8, 4) is 0 Å². The van der Waals surface area contributed by atoms with Crippen LogP contribution in [0.1, 0.15) is 32.3 Å². The smallest absolute Gasteiger partial charge is 0.156 e. The quantitative estimate of drug-likeness (QED) is 0.821. The Morgan fingerprint density at radius 1 is 1.26 bits per heavy atom. The van der Waals surface area contributed by atoms with Gasteiger partial charge in [0.15, 0.2) is 5.79 Å². The van der Waals surface area contributed by atoms with Crippen LogP contribution in [0.5, 0.6) is 0 Å². The molecule has 0 aromatic heterocycles. The Kier molecular flexibility index (Phi) is 7.02. The van der Waals surface area contributed by atoms with Crippen LogP contribution in [0.2, 0.25) is 0 Å². The van der Waals surface area contributed by atoms with Crippen molar-refractivity contribution in [1.29, 1.82) is 0 Å². The summed E-state index contributed by atoms with van der Waals surface area (Å²) in [4.78, 5) is 0. The van der Waals surface area contributed by atoms with E-state index in [4.69, 9.17) is 19.7 Å². The predicted molar refractivity (Wildman–Crippen MR) is 73.6 cm³/mol. The molecule has 1 fully saturated rings. The Hall–Kier alpha value is -0.940. The number of hydrogen-bond acceptors (Lipinski definition) is 4. The molecule has 1 aliphatic heterocycles. The van der Waals surface area contributed by atoms with Gasteiger partial charge in [0.05, 0.1) is 19.3 Å². The Labute approximate surface area is 115 Å². The molecule has 4 heteroatoms. The number of rotatable bonds is 4. The average molecular weight is 268 g/mol. The topological polar surface area (TPSA) is 58.9 Å². The molecule has 2 N–H and O–H groups in total. The molecule has 2 rings (SSSR count). The van der Waals surface area contributed by atoms with Gasteiger partial charge in [-0.1, -0.05) is 30.3 Å². The lowest BCUT2D eigenvalue weighted by molar-refractivity contribution is -0.127. The molecule has 0 spiro atoms. The zero-order chi connectivity index (χ0) is 14.1. The van der Waals surface area contributed by atoms with Crippen molar-refractivity contribution < 1.29 is 19.7 Å². The molecular formula is C15H24O4. The summed E-state index contributed by atoms with van der Waals surface area (Å²) in [6, 6.07) is 10.2. The van der Waals surface area contributed by atoms with E-state index in [0.29, 0.717) is 12.7 Å². The van der Waals surface area contributed by atoms with Gasteiger partial charge >= 0.3 is 0 Å². The van der Waals surface area contributed by atoms with E-state index >= 15 is 0 Å². The number of aliphatic hydroxyl groups is 2. The fourth-order valence-corrected chi connectivity index (χ4v) is 1.66. The van der Waals surface area contributed by atoms with Gasteiger partial charge in [0, 0.05) is 6.61 Å². The summed E-state index contributed by atoms with van der Waals surface area (Å²) < 4.78 is 11.0. The summed E-state index contributed by atoms with van der Waals surface area (Å²) >= 11 is 0. The molecule has 1 aromatic rings. The molecule has 4 nitrogen and oxygen atoms in total. The van der Waals surface area contributed by atoms with Crippen molar-refractivity contribution in [1.82, 2.24) is 0 Å². The maximum Gasteiger partial charge on any atom is 0.156 e. The van der Waals surface area contributed by atoms with E-state index < -0.39 is 5.79 Å². The minimum absolute atomic E-state index is 0.332. The SMILES string of the molecule is CC(C)(O)O.c1ccc(COCC2CCCO2)cc1. The molecule has 1 unspecified atom stereocenters. The fourth-order valence-electron chi connectivity index (χ4n) is 1.66. The second-order valence-electron chi connectivity index (χ2n) is 5.13. The number of hydrogen-bond donors (Lipinski definition) is 2. The van der Waals surface area contributed by atoms with E-state index in [1.54, 1.807) is 0 Å². The van der Waals surface area contributed by atoms with Gasteiger partial charge in [0.1, 0.15) is 0 Å². The van der Waals surface area contributed by atoms with Gasteiger partial charge in [0.2, 0.25) is 0 Å². The van der Waals surface area contributed by atoms with Gasteiger partial charge in [0.25, 0.3) is 0 Å². The molecule has 0 bridgehead atoms. The highest BCUT2D eigenvalue weighted by Crippen LogP contribution is 2.12. The first kappa shape index (κ1) is 16.1. The van der Waals surface area contributed by atoms with Gasteiger partial charge in [-0.05, 0) is 32.3 Å². The fraction of sp³-hybridized carbons (Fsp3) is 0.600. The number of benzene rings is 1. The van der Waals surface area contributed by atoms with Crippen LogP contribution >= 0.6 is 0 Å². The van der Waals surface area contributed by atoms with E-state index in [2.05, 4.69) is 12.1 Å². The Morgan fingerprint density at radius 3 is 2.42 bits per heavy atom. The van der Waals surface area contributed by atoms with Crippen LogP contribution in [0, 0.1) is 0 Å². The second-order valence-corrected chi connectivity index (χ2v) is 5.13. The van der Waals surface area contributed by atoms with Gasteiger partial charge in [-0.15, -0.1) is 0 Å². The first-order valence-corrected chi connectivity index (χ1v) is 6.63. The van der Waals surface area contributed by atoms with Crippen LogP contribution < -0.4 is 0 Å². The Morgan fingerprint density at radius 2 is 1.89 bits per heavy atom. The van der Waals surface area contributed by atoms with E-state index in [0.717, 1.165) is 19.6 Å². The molecule has 0 saturated carbocycles. The zero-order valence-electron chi connectivity index (χ0n) is 11.7. The zero-order valence-corrected chi connectivity index (χ0v) is 11.7. The van der Waals surface area contributed by atoms with Crippen LogP contribution in [-0.2, 0) is 16.1 Å². The highest BCUT2D eigenvalue weighted by atomic mass is 16.5. The van der Waals surface area contributed by atoms with Crippen LogP contribution in [0.4, 0.5) is 0 Å². The van der Waals surface area contributed by atoms with Crippen molar-refractivity contribution in [3.63, 3.8) is 0 Å². The second kappa shape index (κ2) is 8.27. The van der Waals surface area contributed by atoms with Crippen molar-refractivity contribution in [2.24, 2.45) is 0 Å². The highest BCUT2D eigenvalue weighted by molar-refractivity contribution is 5.13. The van der Waals surface area contributed by atoms with Crippen molar-refractivity contribution >= 4 is 0 Å². The summed E-state index contributed by atoms with van der Waals surface area (Å²) in [6.07, 6.45) is 2.66. The van der Waals surface area contributed by atoms with Crippen molar-refractivity contribution in [3.05, 3.63) is 35.9 Å². The van der Waals surface area contributed by atoms with Crippen LogP contribution in [0.25, 0.3) is 0 Å². The third-order valence-corrected chi connectivity index (χ3v) is 2.44. The lowest BCUT2D eigenvalue weighted by Crippen LogP contribution is -2.15. The Bertz CT molecular complexity index is 320. The van der Waals surface area contributed by atoms with Gasteiger partial charge < -0.3 is 19.7 Å². The molecule has 1 saturated heterocycles. The summed E-state index contributed by atoms with van der Waals surface area (Å²) in [5, 5.41) is 16.2. The molecule has 1 heterocycles. The first-order valence-electron chi connectivity index (χ1n) is 6.63. The first-order chi connectivity index (χ1) is 8.95. The lowest BCUT2D eigenvalue weighted by atomic mass is 10.2. The van der Waals surface area contributed by atoms with Gasteiger partial charge in [-0.2, -0.15) is 0 Å². The normalized spacial score (nSPS) is 18.8. The molecule has 0 radical (unpaired) electrons. The van der Waals surface area contributed by atoms with E-state index in [1.807, 2.05) is 18.2 Å². The molecule has 1 atom stereocenters. The summed E-state index contributed by atoms with van der Waals surface area (Å²) in [5.41, 5.74) is 1.23. The minimum Gasteiger partial charge on any atom is -0.376 e. The standard InChI is InChI=1S/C12H16O2.C3H8O2/c1-2-5-11(6-3-1)9-13-10-12-7-4-8-14-12;1-3(2,4)5/h1-3,5-6,12H,4,7-10H2;4-5H,1-2H3. The van der Waals surface area contributed by atoms with E-state index in [1.165, 1.54) is 25.8 Å². The monoisotopic (exact) mass is 268 g/mol. The van der Waals surface area contributed by atoms with Crippen LogP contribution in [-0.4, -0.2) is 35.3 Å². The average Bonchev–Trinajstić information content (AvgIpc) is 2.81. The highest BCUT2D eigenvalue weighted by Gasteiger charge is 2.14. The summed E-state index contributed by atoms with van der Waals surface area (Å²) in [7, 11) is 0. The van der Waals surface area contributed by atoms with Gasteiger partial charge in [-0.25, -0.2) is 0 Å². The Balaban J connectivity index is 0.000000312. The maximum absolute atomic E-state index is 8.08. The van der Waals surface area contributed by atoms with Crippen molar-refractivity contribution in [2.45, 2.75) is 45.2 Å². The van der Waals surface area contributed by atoms with Crippen LogP contribution in [0.3, 0.4) is 0 Å². The largest absolute Gasteiger partial charge is 0.376 e. The molecular weight excluding hydrogens is 244 g/mol. The lowest BCUT2D eigenvalue weighted by Gasteiger charge is -2.09. The third-order valence-electron chi connectivity index (χ3n) is 2.44. The van der Waals surface area contributed by atoms with Crippen molar-refractivity contribution in [2.75, 3.05) is 13.2 Å². The van der Waals surface area contributed by atoms with Crippen LogP contribution in [0.15, 0.2) is 30.3 Å². The summed E-state index contributed by atoms with van der Waals surface area (Å²) in [6.45, 7) is 4.93. The molecule has 0 amide bonds. The summed E-state index contributed by atoms with van der Waals surface area (Å²) in [5.74, 6) is -1.50. The molecule has 1 aliphatic rings. The third kappa shape index (κ3) is 9.62. The number of ether oxygens (including phenoxy) is 2. The molecule has 19 heavy (non-hydrogen) atoms. The van der Waals surface area contributed by atoms with E-state index in [9.17, 15) is 0 Å². The minimum atomic E-state index is -1.50. The predicted octanol–water partition coefficient (Wildman–Crippen LogP) is 2.09. The maximum atomic E-state index is 8.08. The van der Waals surface area contributed by atoms with Gasteiger partial charge in [-0.3, -0.25) is 0 Å². The molecule has 0 aliphatic carbocycles. The molecule has 108 valence electrons.